The van der Waals surface area contributed by atoms with E-state index in [4.69, 9.17) is 0 Å². The maximum atomic E-state index is 12.8. The van der Waals surface area contributed by atoms with Gasteiger partial charge in [0.05, 0.1) is 0 Å². The number of rotatable bonds is 3. The van der Waals surface area contributed by atoms with Crippen molar-refractivity contribution in [3.05, 3.63) is 0 Å². The third-order valence-electron chi connectivity index (χ3n) is 5.05. The number of piperidine rings is 1. The van der Waals surface area contributed by atoms with Gasteiger partial charge in [0, 0.05) is 24.5 Å². The second kappa shape index (κ2) is 5.80. The first-order valence-corrected chi connectivity index (χ1v) is 7.59. The van der Waals surface area contributed by atoms with Crippen LogP contribution >= 0.6 is 0 Å². The van der Waals surface area contributed by atoms with E-state index in [2.05, 4.69) is 43.1 Å². The molecule has 0 saturated carbocycles. The van der Waals surface area contributed by atoms with Crippen molar-refractivity contribution in [2.75, 3.05) is 40.3 Å². The Morgan fingerprint density at radius 3 is 2.58 bits per heavy atom. The molecule has 4 heteroatoms. The lowest BCUT2D eigenvalue weighted by Gasteiger charge is -2.38. The van der Waals surface area contributed by atoms with Crippen molar-refractivity contribution in [3.63, 3.8) is 0 Å². The molecule has 2 unspecified atom stereocenters. The molecule has 110 valence electrons. The fourth-order valence-electron chi connectivity index (χ4n) is 3.40. The molecule has 19 heavy (non-hydrogen) atoms. The zero-order chi connectivity index (χ0) is 14.0. The minimum absolute atomic E-state index is 0.228. The van der Waals surface area contributed by atoms with Crippen molar-refractivity contribution < 1.29 is 4.79 Å². The first-order chi connectivity index (χ1) is 8.93. The van der Waals surface area contributed by atoms with Crippen molar-refractivity contribution in [1.29, 1.82) is 0 Å². The number of nitrogens with zero attached hydrogens (tertiary/aromatic N) is 2. The van der Waals surface area contributed by atoms with Crippen LogP contribution in [-0.2, 0) is 4.79 Å². The van der Waals surface area contributed by atoms with Gasteiger partial charge in [-0.2, -0.15) is 0 Å². The Morgan fingerprint density at radius 1 is 1.32 bits per heavy atom. The predicted molar refractivity (Wildman–Crippen MR) is 78.0 cm³/mol. The highest BCUT2D eigenvalue weighted by Crippen LogP contribution is 2.34. The summed E-state index contributed by atoms with van der Waals surface area (Å²) in [6.45, 7) is 8.18. The number of likely N-dealkylation sites (N-methyl/N-ethyl adjacent to an activating group) is 1. The topological polar surface area (TPSA) is 35.6 Å². The molecule has 0 aromatic carbocycles. The summed E-state index contributed by atoms with van der Waals surface area (Å²) in [7, 11) is 4.21. The number of nitrogens with one attached hydrogen (secondary N) is 1. The second-order valence-electron chi connectivity index (χ2n) is 6.92. The van der Waals surface area contributed by atoms with E-state index < -0.39 is 0 Å². The van der Waals surface area contributed by atoms with Crippen molar-refractivity contribution in [2.24, 2.45) is 11.3 Å². The predicted octanol–water partition coefficient (Wildman–Crippen LogP) is 1.17. The highest BCUT2D eigenvalue weighted by molar-refractivity contribution is 5.82. The van der Waals surface area contributed by atoms with Crippen LogP contribution in [0.3, 0.4) is 0 Å². The van der Waals surface area contributed by atoms with Gasteiger partial charge in [-0.1, -0.05) is 13.8 Å². The Balaban J connectivity index is 1.98. The van der Waals surface area contributed by atoms with E-state index in [9.17, 15) is 4.79 Å². The molecule has 2 heterocycles. The minimum atomic E-state index is -0.228. The van der Waals surface area contributed by atoms with Gasteiger partial charge in [0.25, 0.3) is 0 Å². The number of hydrogen-bond acceptors (Lipinski definition) is 3. The molecule has 0 aliphatic carbocycles. The van der Waals surface area contributed by atoms with Crippen LogP contribution in [0.5, 0.6) is 0 Å². The zero-order valence-electron chi connectivity index (χ0n) is 12.9. The maximum absolute atomic E-state index is 12.8. The second-order valence-corrected chi connectivity index (χ2v) is 6.92. The smallest absolute Gasteiger partial charge is 0.228 e. The third-order valence-corrected chi connectivity index (χ3v) is 5.05. The van der Waals surface area contributed by atoms with E-state index in [1.807, 2.05) is 0 Å². The quantitative estimate of drug-likeness (QED) is 0.834. The van der Waals surface area contributed by atoms with E-state index in [1.54, 1.807) is 0 Å². The lowest BCUT2D eigenvalue weighted by atomic mass is 9.74. The summed E-state index contributed by atoms with van der Waals surface area (Å²) in [5.74, 6) is 0.831. The molecule has 1 amide bonds. The van der Waals surface area contributed by atoms with Crippen molar-refractivity contribution in [3.8, 4) is 0 Å². The van der Waals surface area contributed by atoms with E-state index in [-0.39, 0.29) is 5.41 Å². The molecule has 2 fully saturated rings. The van der Waals surface area contributed by atoms with Crippen molar-refractivity contribution >= 4 is 5.91 Å². The molecule has 0 aromatic rings. The van der Waals surface area contributed by atoms with Crippen molar-refractivity contribution in [2.45, 2.75) is 39.2 Å². The molecule has 2 atom stereocenters. The summed E-state index contributed by atoms with van der Waals surface area (Å²) in [6.07, 6.45) is 3.48. The molecular formula is C15H29N3O. The Hall–Kier alpha value is -0.610. The van der Waals surface area contributed by atoms with Gasteiger partial charge < -0.3 is 15.1 Å². The molecule has 0 radical (unpaired) electrons. The highest BCUT2D eigenvalue weighted by Gasteiger charge is 2.41. The van der Waals surface area contributed by atoms with Gasteiger partial charge in [-0.15, -0.1) is 0 Å². The first kappa shape index (κ1) is 14.8. The van der Waals surface area contributed by atoms with Gasteiger partial charge >= 0.3 is 0 Å². The fourth-order valence-corrected chi connectivity index (χ4v) is 3.40. The van der Waals surface area contributed by atoms with Crippen LogP contribution in [0.4, 0.5) is 0 Å². The fraction of sp³-hybridized carbons (Fsp3) is 0.933. The van der Waals surface area contributed by atoms with Gasteiger partial charge in [-0.3, -0.25) is 4.79 Å². The molecule has 2 aliphatic rings. The summed E-state index contributed by atoms with van der Waals surface area (Å²) in [5, 5.41) is 3.43. The highest BCUT2D eigenvalue weighted by atomic mass is 16.2. The van der Waals surface area contributed by atoms with E-state index in [0.29, 0.717) is 17.9 Å². The molecule has 2 aliphatic heterocycles. The van der Waals surface area contributed by atoms with Gasteiger partial charge in [0.2, 0.25) is 5.91 Å². The molecule has 4 nitrogen and oxygen atoms in total. The molecule has 0 spiro atoms. The molecule has 2 saturated heterocycles. The SMILES string of the molecule is CN(C)C1CCN(C(=O)C(C)(C)C2CCCNC2)C1. The summed E-state index contributed by atoms with van der Waals surface area (Å²) in [5.41, 5.74) is -0.228. The first-order valence-electron chi connectivity index (χ1n) is 7.59. The van der Waals surface area contributed by atoms with E-state index in [0.717, 1.165) is 32.6 Å². The van der Waals surface area contributed by atoms with Crippen LogP contribution in [0.2, 0.25) is 0 Å². The largest absolute Gasteiger partial charge is 0.341 e. The summed E-state index contributed by atoms with van der Waals surface area (Å²) < 4.78 is 0. The van der Waals surface area contributed by atoms with Gasteiger partial charge in [0.1, 0.15) is 0 Å². The average molecular weight is 267 g/mol. The number of likely N-dealkylation sites (tertiary alicyclic amines) is 1. The van der Waals surface area contributed by atoms with Crippen molar-refractivity contribution in [1.82, 2.24) is 15.1 Å². The molecule has 1 N–H and O–H groups in total. The monoisotopic (exact) mass is 267 g/mol. The number of carbonyl (C=O) groups excluding carboxylic acids is 1. The third kappa shape index (κ3) is 3.11. The van der Waals surface area contributed by atoms with E-state index in [1.165, 1.54) is 12.8 Å². The standard InChI is InChI=1S/C15H29N3O/c1-15(2,12-6-5-8-16-10-12)14(19)18-9-7-13(11-18)17(3)4/h12-13,16H,5-11H2,1-4H3. The van der Waals surface area contributed by atoms with Gasteiger partial charge in [-0.05, 0) is 52.4 Å². The maximum Gasteiger partial charge on any atom is 0.228 e. The Morgan fingerprint density at radius 2 is 2.05 bits per heavy atom. The Bertz CT molecular complexity index is 321. The van der Waals surface area contributed by atoms with Crippen LogP contribution in [0.15, 0.2) is 0 Å². The Labute approximate surface area is 117 Å². The summed E-state index contributed by atoms with van der Waals surface area (Å²) in [6, 6.07) is 0.532. The number of amides is 1. The van der Waals surface area contributed by atoms with Crippen LogP contribution < -0.4 is 5.32 Å². The Kier molecular flexibility index (Phi) is 4.51. The van der Waals surface area contributed by atoms with Crippen LogP contribution in [-0.4, -0.2) is 62.0 Å². The lowest BCUT2D eigenvalue weighted by Crippen LogP contribution is -2.48. The minimum Gasteiger partial charge on any atom is -0.341 e. The van der Waals surface area contributed by atoms with Gasteiger partial charge in [0.15, 0.2) is 0 Å². The van der Waals surface area contributed by atoms with Crippen LogP contribution in [0.1, 0.15) is 33.1 Å². The normalized spacial score (nSPS) is 29.0. The van der Waals surface area contributed by atoms with E-state index >= 15 is 0 Å². The lowest BCUT2D eigenvalue weighted by molar-refractivity contribution is -0.142. The molecule has 0 bridgehead atoms. The number of hydrogen-bond donors (Lipinski definition) is 1. The molecule has 2 rings (SSSR count). The van der Waals surface area contributed by atoms with Crippen LogP contribution in [0, 0.1) is 11.3 Å². The number of carbonyl (C=O) groups is 1. The van der Waals surface area contributed by atoms with Crippen LogP contribution in [0.25, 0.3) is 0 Å². The molecular weight excluding hydrogens is 238 g/mol. The zero-order valence-corrected chi connectivity index (χ0v) is 12.9. The average Bonchev–Trinajstić information content (AvgIpc) is 2.88. The molecule has 0 aromatic heterocycles. The summed E-state index contributed by atoms with van der Waals surface area (Å²) in [4.78, 5) is 17.1. The summed E-state index contributed by atoms with van der Waals surface area (Å²) >= 11 is 0. The van der Waals surface area contributed by atoms with Gasteiger partial charge in [-0.25, -0.2) is 0 Å².